The Kier molecular flexibility index (Phi) is 8.46. The number of fused-ring (bicyclic) bond motifs is 5. The number of benzene rings is 10. The van der Waals surface area contributed by atoms with E-state index in [1.165, 1.54) is 11.1 Å². The lowest BCUT2D eigenvalue weighted by Crippen LogP contribution is -2.13. The third kappa shape index (κ3) is 6.00. The number of anilines is 6. The first-order chi connectivity index (χ1) is 30.7. The molecule has 4 nitrogen and oxygen atoms in total. The molecule has 12 rings (SSSR count). The molecule has 0 bridgehead atoms. The van der Waals surface area contributed by atoms with Gasteiger partial charge in [0.15, 0.2) is 11.3 Å². The topological polar surface area (TPSA) is 28.9 Å². The number of para-hydroxylation sites is 5. The predicted molar refractivity (Wildman–Crippen MR) is 257 cm³/mol. The van der Waals surface area contributed by atoms with Crippen molar-refractivity contribution in [3.63, 3.8) is 0 Å². The Morgan fingerprint density at radius 2 is 0.855 bits per heavy atom. The summed E-state index contributed by atoms with van der Waals surface area (Å²) in [5, 5.41) is 4.33. The van der Waals surface area contributed by atoms with E-state index in [2.05, 4.69) is 228 Å². The minimum absolute atomic E-state index is 0.797. The fourth-order valence-corrected chi connectivity index (χ4v) is 9.14. The molecule has 0 aliphatic carbocycles. The van der Waals surface area contributed by atoms with Crippen LogP contribution in [0.3, 0.4) is 0 Å². The van der Waals surface area contributed by atoms with Gasteiger partial charge in [-0.1, -0.05) is 164 Å². The molecular formula is C58H38N2O2. The van der Waals surface area contributed by atoms with Gasteiger partial charge in [0, 0.05) is 44.9 Å². The van der Waals surface area contributed by atoms with Gasteiger partial charge in [0.2, 0.25) is 0 Å². The van der Waals surface area contributed by atoms with Crippen LogP contribution in [-0.4, -0.2) is 0 Å². The Morgan fingerprint density at radius 3 is 1.56 bits per heavy atom. The molecule has 0 atom stereocenters. The average Bonchev–Trinajstić information content (AvgIpc) is 3.73. The van der Waals surface area contributed by atoms with E-state index in [-0.39, 0.29) is 0 Å². The number of ether oxygens (including phenoxy) is 1. The molecule has 292 valence electrons. The van der Waals surface area contributed by atoms with Crippen molar-refractivity contribution in [1.29, 1.82) is 0 Å². The Morgan fingerprint density at radius 1 is 0.339 bits per heavy atom. The van der Waals surface area contributed by atoms with Crippen molar-refractivity contribution in [2.75, 3.05) is 9.80 Å². The van der Waals surface area contributed by atoms with E-state index in [9.17, 15) is 0 Å². The summed E-state index contributed by atoms with van der Waals surface area (Å²) < 4.78 is 13.9. The van der Waals surface area contributed by atoms with Gasteiger partial charge in [0.25, 0.3) is 0 Å². The number of hydrogen-bond acceptors (Lipinski definition) is 4. The fraction of sp³-hybridized carbons (Fsp3) is 0. The number of hydrogen-bond donors (Lipinski definition) is 0. The van der Waals surface area contributed by atoms with E-state index in [0.717, 1.165) is 101 Å². The molecule has 0 saturated carbocycles. The van der Waals surface area contributed by atoms with Crippen LogP contribution in [0.1, 0.15) is 0 Å². The van der Waals surface area contributed by atoms with Crippen molar-refractivity contribution in [2.24, 2.45) is 0 Å². The van der Waals surface area contributed by atoms with Gasteiger partial charge in [-0.25, -0.2) is 0 Å². The normalized spacial score (nSPS) is 11.7. The van der Waals surface area contributed by atoms with E-state index in [0.29, 0.717) is 0 Å². The molecule has 0 N–H and O–H groups in total. The Labute approximate surface area is 359 Å². The van der Waals surface area contributed by atoms with Crippen molar-refractivity contribution in [3.05, 3.63) is 231 Å². The van der Waals surface area contributed by atoms with Gasteiger partial charge in [-0.2, -0.15) is 0 Å². The highest BCUT2D eigenvalue weighted by molar-refractivity contribution is 6.12. The summed E-state index contributed by atoms with van der Waals surface area (Å²) in [7, 11) is 0. The van der Waals surface area contributed by atoms with Crippen LogP contribution in [0.15, 0.2) is 235 Å². The van der Waals surface area contributed by atoms with Gasteiger partial charge >= 0.3 is 0 Å². The van der Waals surface area contributed by atoms with Crippen molar-refractivity contribution < 1.29 is 9.15 Å². The summed E-state index contributed by atoms with van der Waals surface area (Å²) in [5.41, 5.74) is 14.6. The highest BCUT2D eigenvalue weighted by Gasteiger charge is 2.28. The Hall–Kier alpha value is -8.34. The molecule has 62 heavy (non-hydrogen) atoms. The summed E-state index contributed by atoms with van der Waals surface area (Å²) in [4.78, 5) is 4.58. The summed E-state index contributed by atoms with van der Waals surface area (Å²) in [6.07, 6.45) is 0. The maximum Gasteiger partial charge on any atom is 0.159 e. The molecule has 0 radical (unpaired) electrons. The van der Waals surface area contributed by atoms with Gasteiger partial charge in [-0.3, -0.25) is 0 Å². The van der Waals surface area contributed by atoms with Gasteiger partial charge in [0.05, 0.1) is 17.1 Å². The summed E-state index contributed by atoms with van der Waals surface area (Å²) in [6, 6.07) is 81.3. The van der Waals surface area contributed by atoms with Crippen LogP contribution >= 0.6 is 0 Å². The molecule has 1 aliphatic rings. The second-order valence-electron chi connectivity index (χ2n) is 15.7. The maximum absolute atomic E-state index is 7.23. The predicted octanol–water partition coefficient (Wildman–Crippen LogP) is 16.8. The van der Waals surface area contributed by atoms with Gasteiger partial charge < -0.3 is 19.0 Å². The van der Waals surface area contributed by atoms with Gasteiger partial charge in [-0.05, 0) is 93.9 Å². The van der Waals surface area contributed by atoms with E-state index >= 15 is 0 Å². The third-order valence-electron chi connectivity index (χ3n) is 12.0. The number of nitrogens with zero attached hydrogens (tertiary/aromatic N) is 2. The van der Waals surface area contributed by atoms with E-state index in [4.69, 9.17) is 9.15 Å². The van der Waals surface area contributed by atoms with Crippen molar-refractivity contribution >= 4 is 66.8 Å². The quantitative estimate of drug-likeness (QED) is 0.153. The van der Waals surface area contributed by atoms with E-state index in [1.807, 2.05) is 12.1 Å². The van der Waals surface area contributed by atoms with Crippen LogP contribution in [0.4, 0.5) is 34.1 Å². The molecule has 11 aromatic rings. The molecule has 0 saturated heterocycles. The highest BCUT2D eigenvalue weighted by Crippen LogP contribution is 2.54. The lowest BCUT2D eigenvalue weighted by molar-refractivity contribution is 0.488. The Bertz CT molecular complexity index is 3380. The SMILES string of the molecule is c1ccc(-c2ccc(-c3ccc(N(c4cc5c6c(cccc6c4)-c4cccc(N(c6ccccc6)c6ccccc6)c4O5)c4cccc5c4oc4ccccc45)cc3)cc2)cc1. The van der Waals surface area contributed by atoms with Crippen LogP contribution in [0, 0.1) is 0 Å². The zero-order valence-electron chi connectivity index (χ0n) is 33.7. The molecule has 4 heteroatoms. The molecule has 1 aliphatic heterocycles. The van der Waals surface area contributed by atoms with Crippen molar-refractivity contribution in [1.82, 2.24) is 0 Å². The lowest BCUT2D eigenvalue weighted by atomic mass is 9.93. The first kappa shape index (κ1) is 35.6. The van der Waals surface area contributed by atoms with Crippen molar-refractivity contribution in [2.45, 2.75) is 0 Å². The highest BCUT2D eigenvalue weighted by atomic mass is 16.5. The van der Waals surface area contributed by atoms with Crippen molar-refractivity contribution in [3.8, 4) is 44.9 Å². The number of furan rings is 1. The molecule has 0 fully saturated rings. The van der Waals surface area contributed by atoms with Crippen LogP contribution < -0.4 is 14.5 Å². The zero-order chi connectivity index (χ0) is 41.0. The lowest BCUT2D eigenvalue weighted by Gasteiger charge is -2.31. The zero-order valence-corrected chi connectivity index (χ0v) is 33.7. The summed E-state index contributed by atoms with van der Waals surface area (Å²) in [6.45, 7) is 0. The molecule has 1 aromatic heterocycles. The van der Waals surface area contributed by atoms with Crippen LogP contribution in [0.5, 0.6) is 11.5 Å². The van der Waals surface area contributed by atoms with Crippen LogP contribution in [-0.2, 0) is 0 Å². The molecule has 10 aromatic carbocycles. The molecule has 0 amide bonds. The monoisotopic (exact) mass is 794 g/mol. The van der Waals surface area contributed by atoms with E-state index < -0.39 is 0 Å². The van der Waals surface area contributed by atoms with Crippen LogP contribution in [0.25, 0.3) is 66.1 Å². The minimum atomic E-state index is 0.797. The average molecular weight is 795 g/mol. The standard InChI is InChI=1S/C58H38N2O2/c1-4-15-39(16-5-1)40-29-31-41(32-30-40)42-33-35-46(36-34-42)60(53-27-13-24-50-48-22-10-11-28-54(48)61-57(50)53)47-37-43-17-12-23-49-51-25-14-26-52(58(51)62-55(38-47)56(43)49)59(44-18-6-2-7-19-44)45-20-8-3-9-21-45/h1-38H. The Balaban J connectivity index is 1.02. The molecule has 0 unspecified atom stereocenters. The van der Waals surface area contributed by atoms with E-state index in [1.54, 1.807) is 0 Å². The molecule has 0 spiro atoms. The first-order valence-electron chi connectivity index (χ1n) is 21.0. The van der Waals surface area contributed by atoms with Gasteiger partial charge in [0.1, 0.15) is 11.3 Å². The molecule has 2 heterocycles. The second kappa shape index (κ2) is 14.7. The molecular weight excluding hydrogens is 757 g/mol. The van der Waals surface area contributed by atoms with Crippen LogP contribution in [0.2, 0.25) is 0 Å². The third-order valence-corrected chi connectivity index (χ3v) is 12.0. The smallest absolute Gasteiger partial charge is 0.159 e. The minimum Gasteiger partial charge on any atom is -0.454 e. The summed E-state index contributed by atoms with van der Waals surface area (Å²) >= 11 is 0. The first-order valence-corrected chi connectivity index (χ1v) is 21.0. The maximum atomic E-state index is 7.23. The largest absolute Gasteiger partial charge is 0.454 e. The number of rotatable bonds is 8. The van der Waals surface area contributed by atoms with Gasteiger partial charge in [-0.15, -0.1) is 0 Å². The fourth-order valence-electron chi connectivity index (χ4n) is 9.14. The second-order valence-corrected chi connectivity index (χ2v) is 15.7. The summed E-state index contributed by atoms with van der Waals surface area (Å²) in [5.74, 6) is 1.61.